The largest absolute Gasteiger partial charge is 0.507 e. The zero-order valence-corrected chi connectivity index (χ0v) is 14.3. The summed E-state index contributed by atoms with van der Waals surface area (Å²) in [6.07, 6.45) is 1.28. The first-order valence-electron chi connectivity index (χ1n) is 6.62. The second-order valence-electron chi connectivity index (χ2n) is 4.80. The number of aryl methyl sites for hydroxylation is 1. The number of nitrogens with one attached hydrogen (secondary N) is 1. The Bertz CT molecular complexity index is 838. The van der Waals surface area contributed by atoms with Crippen LogP contribution in [0.1, 0.15) is 11.1 Å². The quantitative estimate of drug-likeness (QED) is 0.402. The molecular weight excluding hydrogens is 407 g/mol. The van der Waals surface area contributed by atoms with Crippen LogP contribution in [0.5, 0.6) is 11.5 Å². The maximum Gasteiger partial charge on any atom is 0.266 e. The normalized spacial score (nSPS) is 10.9. The minimum absolute atomic E-state index is 0.0666. The number of nitrogens with zero attached hydrogens (tertiary/aromatic N) is 1. The molecule has 0 atom stereocenters. The number of aromatic hydroxyl groups is 2. The fourth-order valence-electron chi connectivity index (χ4n) is 1.89. The van der Waals surface area contributed by atoms with Crippen LogP contribution in [-0.4, -0.2) is 16.1 Å². The standard InChI is InChI=1S/C17H13IN2O3/c1-10-4-2-3-5-14(10)20-17(23)12(9-19)6-11-7-13(18)16(22)8-15(11)21/h2-8,21-22H,1H3,(H,20,23)/b12-6-. The molecule has 2 aromatic carbocycles. The highest BCUT2D eigenvalue weighted by molar-refractivity contribution is 14.1. The van der Waals surface area contributed by atoms with Crippen LogP contribution >= 0.6 is 22.6 Å². The maximum absolute atomic E-state index is 12.2. The number of amides is 1. The van der Waals surface area contributed by atoms with E-state index in [9.17, 15) is 20.3 Å². The molecule has 0 spiro atoms. The summed E-state index contributed by atoms with van der Waals surface area (Å²) < 4.78 is 0.503. The molecular formula is C17H13IN2O3. The summed E-state index contributed by atoms with van der Waals surface area (Å²) in [4.78, 5) is 12.2. The smallest absolute Gasteiger partial charge is 0.266 e. The van der Waals surface area contributed by atoms with Crippen molar-refractivity contribution in [3.8, 4) is 17.6 Å². The average molecular weight is 420 g/mol. The molecule has 0 aliphatic carbocycles. The number of carbonyl (C=O) groups is 1. The van der Waals surface area contributed by atoms with Crippen molar-refractivity contribution >= 4 is 40.3 Å². The molecule has 23 heavy (non-hydrogen) atoms. The Hall–Kier alpha value is -2.53. The van der Waals surface area contributed by atoms with E-state index in [1.807, 2.05) is 47.7 Å². The molecule has 0 aliphatic heterocycles. The van der Waals surface area contributed by atoms with E-state index >= 15 is 0 Å². The van der Waals surface area contributed by atoms with Gasteiger partial charge in [-0.15, -0.1) is 0 Å². The van der Waals surface area contributed by atoms with Crippen molar-refractivity contribution in [1.29, 1.82) is 5.26 Å². The third-order valence-electron chi connectivity index (χ3n) is 3.15. The molecule has 116 valence electrons. The molecule has 1 amide bonds. The third kappa shape index (κ3) is 4.02. The van der Waals surface area contributed by atoms with Crippen molar-refractivity contribution in [3.05, 3.63) is 56.7 Å². The highest BCUT2D eigenvalue weighted by Crippen LogP contribution is 2.30. The Balaban J connectivity index is 2.33. The van der Waals surface area contributed by atoms with Gasteiger partial charge in [0.05, 0.1) is 3.57 Å². The number of phenols is 2. The van der Waals surface area contributed by atoms with Gasteiger partial charge in [-0.2, -0.15) is 5.26 Å². The summed E-state index contributed by atoms with van der Waals surface area (Å²) >= 11 is 1.89. The minimum atomic E-state index is -0.565. The Morgan fingerprint density at radius 3 is 2.61 bits per heavy atom. The predicted octanol–water partition coefficient (Wildman–Crippen LogP) is 3.56. The van der Waals surface area contributed by atoms with Gasteiger partial charge in [0.2, 0.25) is 0 Å². The van der Waals surface area contributed by atoms with Gasteiger partial charge in [-0.05, 0) is 53.3 Å². The number of nitriles is 1. The molecule has 3 N–H and O–H groups in total. The molecule has 2 rings (SSSR count). The predicted molar refractivity (Wildman–Crippen MR) is 95.9 cm³/mol. The Labute approximate surface area is 147 Å². The second-order valence-corrected chi connectivity index (χ2v) is 5.96. The fraction of sp³-hybridized carbons (Fsp3) is 0.0588. The minimum Gasteiger partial charge on any atom is -0.507 e. The van der Waals surface area contributed by atoms with Gasteiger partial charge in [-0.3, -0.25) is 4.79 Å². The molecule has 0 saturated heterocycles. The average Bonchev–Trinajstić information content (AvgIpc) is 2.51. The van der Waals surface area contributed by atoms with E-state index in [0.29, 0.717) is 9.26 Å². The highest BCUT2D eigenvalue weighted by Gasteiger charge is 2.13. The van der Waals surface area contributed by atoms with Gasteiger partial charge >= 0.3 is 0 Å². The lowest BCUT2D eigenvalue weighted by atomic mass is 10.1. The van der Waals surface area contributed by atoms with Crippen molar-refractivity contribution < 1.29 is 15.0 Å². The lowest BCUT2D eigenvalue weighted by Crippen LogP contribution is -2.14. The molecule has 0 radical (unpaired) electrons. The molecule has 2 aromatic rings. The van der Waals surface area contributed by atoms with E-state index in [4.69, 9.17) is 0 Å². The lowest BCUT2D eigenvalue weighted by Gasteiger charge is -2.08. The van der Waals surface area contributed by atoms with E-state index in [1.54, 1.807) is 12.1 Å². The molecule has 0 bridgehead atoms. The Kier molecular flexibility index (Phi) is 5.24. The number of benzene rings is 2. The van der Waals surface area contributed by atoms with Gasteiger partial charge in [0, 0.05) is 17.3 Å². The highest BCUT2D eigenvalue weighted by atomic mass is 127. The molecule has 6 heteroatoms. The monoisotopic (exact) mass is 420 g/mol. The first-order chi connectivity index (χ1) is 10.9. The number of hydrogen-bond acceptors (Lipinski definition) is 4. The second kappa shape index (κ2) is 7.15. The van der Waals surface area contributed by atoms with Gasteiger partial charge in [0.15, 0.2) is 0 Å². The van der Waals surface area contributed by atoms with Gasteiger partial charge < -0.3 is 15.5 Å². The fourth-order valence-corrected chi connectivity index (χ4v) is 2.38. The zero-order chi connectivity index (χ0) is 17.0. The van der Waals surface area contributed by atoms with Crippen molar-refractivity contribution in [2.45, 2.75) is 6.92 Å². The summed E-state index contributed by atoms with van der Waals surface area (Å²) in [7, 11) is 0. The summed E-state index contributed by atoms with van der Waals surface area (Å²) in [6, 6.07) is 11.7. The van der Waals surface area contributed by atoms with E-state index in [-0.39, 0.29) is 22.6 Å². The molecule has 5 nitrogen and oxygen atoms in total. The van der Waals surface area contributed by atoms with Crippen LogP contribution in [0.15, 0.2) is 42.0 Å². The Morgan fingerprint density at radius 2 is 1.96 bits per heavy atom. The number of para-hydroxylation sites is 1. The number of carbonyl (C=O) groups excluding carboxylic acids is 1. The van der Waals surface area contributed by atoms with Crippen LogP contribution in [0.4, 0.5) is 5.69 Å². The van der Waals surface area contributed by atoms with Crippen LogP contribution in [0, 0.1) is 21.8 Å². The van der Waals surface area contributed by atoms with E-state index in [0.717, 1.165) is 5.56 Å². The first-order valence-corrected chi connectivity index (χ1v) is 7.70. The number of rotatable bonds is 3. The maximum atomic E-state index is 12.2. The third-order valence-corrected chi connectivity index (χ3v) is 4.02. The summed E-state index contributed by atoms with van der Waals surface area (Å²) in [5, 5.41) is 31.2. The SMILES string of the molecule is Cc1ccccc1NC(=O)/C(C#N)=C\c1cc(I)c(O)cc1O. The van der Waals surface area contributed by atoms with E-state index in [1.165, 1.54) is 18.2 Å². The van der Waals surface area contributed by atoms with Gasteiger partial charge in [-0.1, -0.05) is 18.2 Å². The zero-order valence-electron chi connectivity index (χ0n) is 12.2. The number of halogens is 1. The summed E-state index contributed by atoms with van der Waals surface area (Å²) in [5.74, 6) is -0.841. The van der Waals surface area contributed by atoms with Crippen LogP contribution in [0.2, 0.25) is 0 Å². The summed E-state index contributed by atoms with van der Waals surface area (Å²) in [5.41, 5.74) is 1.62. The molecule has 0 unspecified atom stereocenters. The lowest BCUT2D eigenvalue weighted by molar-refractivity contribution is -0.112. The van der Waals surface area contributed by atoms with Crippen LogP contribution in [0.25, 0.3) is 6.08 Å². The molecule has 0 fully saturated rings. The number of anilines is 1. The molecule has 0 aromatic heterocycles. The first kappa shape index (κ1) is 16.8. The van der Waals surface area contributed by atoms with Crippen molar-refractivity contribution in [2.75, 3.05) is 5.32 Å². The van der Waals surface area contributed by atoms with Gasteiger partial charge in [0.25, 0.3) is 5.91 Å². The van der Waals surface area contributed by atoms with Crippen LogP contribution < -0.4 is 5.32 Å². The molecule has 0 heterocycles. The molecule has 0 saturated carbocycles. The van der Waals surface area contributed by atoms with E-state index < -0.39 is 5.91 Å². The number of phenolic OH excluding ortho intramolecular Hbond substituents is 2. The van der Waals surface area contributed by atoms with Crippen LogP contribution in [-0.2, 0) is 4.79 Å². The Morgan fingerprint density at radius 1 is 1.26 bits per heavy atom. The van der Waals surface area contributed by atoms with Gasteiger partial charge in [0.1, 0.15) is 23.1 Å². The van der Waals surface area contributed by atoms with Crippen molar-refractivity contribution in [2.24, 2.45) is 0 Å². The summed E-state index contributed by atoms with van der Waals surface area (Å²) in [6.45, 7) is 1.85. The van der Waals surface area contributed by atoms with Gasteiger partial charge in [-0.25, -0.2) is 0 Å². The number of hydrogen-bond donors (Lipinski definition) is 3. The topological polar surface area (TPSA) is 93.4 Å². The van der Waals surface area contributed by atoms with E-state index in [2.05, 4.69) is 5.32 Å². The van der Waals surface area contributed by atoms with Crippen molar-refractivity contribution in [3.63, 3.8) is 0 Å². The van der Waals surface area contributed by atoms with Crippen LogP contribution in [0.3, 0.4) is 0 Å². The molecule has 0 aliphatic rings. The van der Waals surface area contributed by atoms with Crippen molar-refractivity contribution in [1.82, 2.24) is 0 Å².